The first kappa shape index (κ1) is 15.5. The Morgan fingerprint density at radius 3 is 2.21 bits per heavy atom. The Bertz CT molecular complexity index is 374. The summed E-state index contributed by atoms with van der Waals surface area (Å²) in [6.45, 7) is 0. The molecular formula is C16H24O3. The number of unbranched alkanes of at least 4 members (excludes halogenated alkanes) is 7. The van der Waals surface area contributed by atoms with E-state index in [2.05, 4.69) is 0 Å². The molecule has 0 bridgehead atoms. The van der Waals surface area contributed by atoms with Crippen LogP contribution in [0.4, 0.5) is 0 Å². The number of hydrogen-bond acceptors (Lipinski definition) is 3. The van der Waals surface area contributed by atoms with Gasteiger partial charge in [-0.1, -0.05) is 44.2 Å². The van der Waals surface area contributed by atoms with Gasteiger partial charge in [-0.05, 0) is 30.9 Å². The molecule has 19 heavy (non-hydrogen) atoms. The molecule has 2 N–H and O–H groups in total. The van der Waals surface area contributed by atoms with Crippen LogP contribution in [0, 0.1) is 0 Å². The number of para-hydroxylation sites is 1. The third-order valence-electron chi connectivity index (χ3n) is 3.37. The highest BCUT2D eigenvalue weighted by Crippen LogP contribution is 2.29. The van der Waals surface area contributed by atoms with Crippen molar-refractivity contribution in [2.75, 3.05) is 0 Å². The van der Waals surface area contributed by atoms with Crippen molar-refractivity contribution in [1.29, 1.82) is 0 Å². The van der Waals surface area contributed by atoms with Crippen molar-refractivity contribution in [3.05, 3.63) is 23.8 Å². The van der Waals surface area contributed by atoms with Crippen molar-refractivity contribution in [1.82, 2.24) is 0 Å². The number of carbonyl (C=O) groups excluding carboxylic acids is 1. The first-order valence-electron chi connectivity index (χ1n) is 7.19. The number of carbonyl (C=O) groups is 1. The van der Waals surface area contributed by atoms with E-state index in [-0.39, 0.29) is 11.5 Å². The van der Waals surface area contributed by atoms with Crippen LogP contribution in [0.3, 0.4) is 0 Å². The summed E-state index contributed by atoms with van der Waals surface area (Å²) in [5.74, 6) is -0.0101. The molecule has 0 atom stereocenters. The number of hydrogen-bond donors (Lipinski definition) is 2. The Balaban J connectivity index is 2.05. The van der Waals surface area contributed by atoms with Crippen LogP contribution in [-0.2, 0) is 11.2 Å². The number of aromatic hydroxyl groups is 2. The van der Waals surface area contributed by atoms with Gasteiger partial charge in [-0.2, -0.15) is 0 Å². The lowest BCUT2D eigenvalue weighted by Gasteiger charge is -2.06. The highest BCUT2D eigenvalue weighted by Gasteiger charge is 2.04. The van der Waals surface area contributed by atoms with Crippen molar-refractivity contribution in [3.8, 4) is 11.5 Å². The molecule has 1 aromatic carbocycles. The predicted octanol–water partition coefficient (Wildman–Crippen LogP) is 3.96. The molecule has 0 aromatic heterocycles. The average Bonchev–Trinajstić information content (AvgIpc) is 2.41. The Kier molecular flexibility index (Phi) is 7.71. The fraction of sp³-hybridized carbons (Fsp3) is 0.562. The van der Waals surface area contributed by atoms with Crippen LogP contribution in [0.1, 0.15) is 56.9 Å². The monoisotopic (exact) mass is 264 g/mol. The summed E-state index contributed by atoms with van der Waals surface area (Å²) >= 11 is 0. The van der Waals surface area contributed by atoms with Crippen LogP contribution in [0.5, 0.6) is 11.5 Å². The van der Waals surface area contributed by atoms with Gasteiger partial charge in [0.1, 0.15) is 6.29 Å². The molecule has 0 saturated carbocycles. The smallest absolute Gasteiger partial charge is 0.160 e. The summed E-state index contributed by atoms with van der Waals surface area (Å²) in [7, 11) is 0. The minimum atomic E-state index is -0.0346. The maximum absolute atomic E-state index is 10.1. The predicted molar refractivity (Wildman–Crippen MR) is 76.5 cm³/mol. The molecule has 0 aliphatic rings. The van der Waals surface area contributed by atoms with Crippen LogP contribution in [0.25, 0.3) is 0 Å². The molecule has 0 heterocycles. The van der Waals surface area contributed by atoms with Crippen LogP contribution in [-0.4, -0.2) is 16.5 Å². The normalized spacial score (nSPS) is 10.5. The molecule has 0 fully saturated rings. The van der Waals surface area contributed by atoms with Crippen LogP contribution in [0.2, 0.25) is 0 Å². The molecule has 0 aliphatic carbocycles. The van der Waals surface area contributed by atoms with Gasteiger partial charge in [0.05, 0.1) is 0 Å². The van der Waals surface area contributed by atoms with E-state index >= 15 is 0 Å². The first-order valence-corrected chi connectivity index (χ1v) is 7.19. The van der Waals surface area contributed by atoms with E-state index < -0.39 is 0 Å². The van der Waals surface area contributed by atoms with E-state index in [1.54, 1.807) is 6.07 Å². The van der Waals surface area contributed by atoms with Crippen LogP contribution in [0.15, 0.2) is 18.2 Å². The third kappa shape index (κ3) is 6.27. The highest BCUT2D eigenvalue weighted by atomic mass is 16.3. The molecule has 0 spiro atoms. The number of aryl methyl sites for hydroxylation is 1. The molecule has 0 amide bonds. The van der Waals surface area contributed by atoms with Gasteiger partial charge in [0.25, 0.3) is 0 Å². The van der Waals surface area contributed by atoms with Gasteiger partial charge in [-0.25, -0.2) is 0 Å². The van der Waals surface area contributed by atoms with Gasteiger partial charge in [0, 0.05) is 6.42 Å². The zero-order valence-corrected chi connectivity index (χ0v) is 11.5. The molecule has 3 heteroatoms. The van der Waals surface area contributed by atoms with Gasteiger partial charge in [0.15, 0.2) is 11.5 Å². The van der Waals surface area contributed by atoms with E-state index in [9.17, 15) is 15.0 Å². The average molecular weight is 264 g/mol. The van der Waals surface area contributed by atoms with Gasteiger partial charge in [-0.15, -0.1) is 0 Å². The molecule has 0 radical (unpaired) electrons. The molecule has 3 nitrogen and oxygen atoms in total. The number of phenols is 2. The van der Waals surface area contributed by atoms with Crippen molar-refractivity contribution in [2.45, 2.75) is 57.8 Å². The maximum Gasteiger partial charge on any atom is 0.160 e. The Labute approximate surface area is 115 Å². The van der Waals surface area contributed by atoms with Crippen molar-refractivity contribution < 1.29 is 15.0 Å². The second-order valence-electron chi connectivity index (χ2n) is 4.97. The zero-order valence-electron chi connectivity index (χ0n) is 11.5. The number of benzene rings is 1. The van der Waals surface area contributed by atoms with E-state index in [1.807, 2.05) is 6.07 Å². The molecule has 106 valence electrons. The van der Waals surface area contributed by atoms with Crippen LogP contribution < -0.4 is 0 Å². The van der Waals surface area contributed by atoms with Crippen molar-refractivity contribution >= 4 is 6.29 Å². The summed E-state index contributed by atoms with van der Waals surface area (Å²) in [6.07, 6.45) is 10.4. The number of rotatable bonds is 10. The van der Waals surface area contributed by atoms with E-state index in [0.717, 1.165) is 44.0 Å². The first-order chi connectivity index (χ1) is 9.25. The summed E-state index contributed by atoms with van der Waals surface area (Å²) < 4.78 is 0. The summed E-state index contributed by atoms with van der Waals surface area (Å²) in [5, 5.41) is 19.0. The number of phenolic OH excluding ortho intramolecular Hbond substituents is 2. The lowest BCUT2D eigenvalue weighted by Crippen LogP contribution is -1.88. The van der Waals surface area contributed by atoms with Gasteiger partial charge >= 0.3 is 0 Å². The van der Waals surface area contributed by atoms with E-state index in [4.69, 9.17) is 0 Å². The summed E-state index contributed by atoms with van der Waals surface area (Å²) in [4.78, 5) is 10.1. The molecule has 1 rings (SSSR count). The Morgan fingerprint density at radius 2 is 1.53 bits per heavy atom. The zero-order chi connectivity index (χ0) is 13.9. The standard InChI is InChI=1S/C16H24O3/c17-13-8-6-4-2-1-3-5-7-10-14-11-9-12-15(18)16(14)19/h9,11-13,18-19H,1-8,10H2. The van der Waals surface area contributed by atoms with E-state index in [1.165, 1.54) is 25.3 Å². The molecule has 0 saturated heterocycles. The SMILES string of the molecule is O=CCCCCCCCCCc1cccc(O)c1O. The fourth-order valence-corrected chi connectivity index (χ4v) is 2.21. The second kappa shape index (κ2) is 9.42. The fourth-order valence-electron chi connectivity index (χ4n) is 2.21. The van der Waals surface area contributed by atoms with Crippen molar-refractivity contribution in [2.24, 2.45) is 0 Å². The minimum absolute atomic E-state index is 0.0244. The lowest BCUT2D eigenvalue weighted by molar-refractivity contribution is -0.107. The molecule has 0 aliphatic heterocycles. The maximum atomic E-state index is 10.1. The van der Waals surface area contributed by atoms with Gasteiger partial charge in [-0.3, -0.25) is 0 Å². The minimum Gasteiger partial charge on any atom is -0.504 e. The lowest BCUT2D eigenvalue weighted by atomic mass is 10.0. The second-order valence-corrected chi connectivity index (χ2v) is 4.97. The topological polar surface area (TPSA) is 57.5 Å². The Morgan fingerprint density at radius 1 is 0.895 bits per heavy atom. The summed E-state index contributed by atoms with van der Waals surface area (Å²) in [5.41, 5.74) is 0.825. The van der Waals surface area contributed by atoms with Crippen LogP contribution >= 0.6 is 0 Å². The third-order valence-corrected chi connectivity index (χ3v) is 3.37. The number of aldehydes is 1. The van der Waals surface area contributed by atoms with E-state index in [0.29, 0.717) is 6.42 Å². The summed E-state index contributed by atoms with van der Waals surface area (Å²) in [6, 6.07) is 5.12. The molecule has 0 unspecified atom stereocenters. The van der Waals surface area contributed by atoms with Gasteiger partial charge < -0.3 is 15.0 Å². The Hall–Kier alpha value is -1.51. The molecular weight excluding hydrogens is 240 g/mol. The van der Waals surface area contributed by atoms with Crippen molar-refractivity contribution in [3.63, 3.8) is 0 Å². The van der Waals surface area contributed by atoms with Gasteiger partial charge in [0.2, 0.25) is 0 Å². The highest BCUT2D eigenvalue weighted by molar-refractivity contribution is 5.48. The largest absolute Gasteiger partial charge is 0.504 e. The quantitative estimate of drug-likeness (QED) is 0.382. The molecule has 1 aromatic rings.